The fraction of sp³-hybridized carbons (Fsp3) is 0.167. The molecule has 1 heterocycles. The minimum atomic E-state index is 0. The average molecular weight is 302 g/mol. The highest BCUT2D eigenvalue weighted by Gasteiger charge is 2.10. The van der Waals surface area contributed by atoms with Crippen molar-refractivity contribution in [2.75, 3.05) is 0 Å². The van der Waals surface area contributed by atoms with Crippen LogP contribution in [0.2, 0.25) is 0 Å². The van der Waals surface area contributed by atoms with Crippen molar-refractivity contribution in [2.45, 2.75) is 12.5 Å². The monoisotopic (exact) mass is 300 g/mol. The van der Waals surface area contributed by atoms with Crippen LogP contribution in [-0.2, 0) is 0 Å². The molecule has 0 saturated carbocycles. The van der Waals surface area contributed by atoms with Crippen LogP contribution in [-0.4, -0.2) is 4.98 Å². The Morgan fingerprint density at radius 3 is 2.94 bits per heavy atom. The number of halogens is 2. The molecule has 0 saturated heterocycles. The van der Waals surface area contributed by atoms with E-state index in [4.69, 9.17) is 5.73 Å². The third-order valence-electron chi connectivity index (χ3n) is 2.50. The first-order chi connectivity index (χ1) is 7.22. The number of nitrogens with one attached hydrogen (secondary N) is 1. The van der Waals surface area contributed by atoms with Crippen molar-refractivity contribution >= 4 is 39.2 Å². The molecule has 0 amide bonds. The lowest BCUT2D eigenvalue weighted by molar-refractivity contribution is 0.748. The highest BCUT2D eigenvalue weighted by molar-refractivity contribution is 9.10. The summed E-state index contributed by atoms with van der Waals surface area (Å²) < 4.78 is 1.07. The van der Waals surface area contributed by atoms with Gasteiger partial charge in [-0.05, 0) is 30.2 Å². The second-order valence-corrected chi connectivity index (χ2v) is 4.48. The predicted octanol–water partition coefficient (Wildman–Crippen LogP) is 3.93. The molecule has 1 atom stereocenters. The molecule has 0 fully saturated rings. The number of aromatic nitrogens is 1. The summed E-state index contributed by atoms with van der Waals surface area (Å²) in [5.74, 6) is 0. The second-order valence-electron chi connectivity index (χ2n) is 3.56. The van der Waals surface area contributed by atoms with Gasteiger partial charge in [0.25, 0.3) is 0 Å². The lowest BCUT2D eigenvalue weighted by atomic mass is 10.0. The number of benzene rings is 1. The van der Waals surface area contributed by atoms with Crippen LogP contribution < -0.4 is 5.73 Å². The highest BCUT2D eigenvalue weighted by atomic mass is 79.9. The van der Waals surface area contributed by atoms with Crippen LogP contribution in [0.25, 0.3) is 10.9 Å². The quantitative estimate of drug-likeness (QED) is 0.829. The summed E-state index contributed by atoms with van der Waals surface area (Å²) in [5, 5.41) is 1.18. The molecular weight excluding hydrogens is 288 g/mol. The molecule has 2 nitrogen and oxygen atoms in total. The molecule has 4 heteroatoms. The van der Waals surface area contributed by atoms with Gasteiger partial charge in [-0.1, -0.05) is 22.0 Å². The Labute approximate surface area is 109 Å². The van der Waals surface area contributed by atoms with Crippen molar-refractivity contribution in [1.29, 1.82) is 0 Å². The van der Waals surface area contributed by atoms with Crippen LogP contribution in [0.1, 0.15) is 18.0 Å². The van der Waals surface area contributed by atoms with Crippen molar-refractivity contribution in [3.8, 4) is 0 Å². The highest BCUT2D eigenvalue weighted by Crippen LogP contribution is 2.27. The van der Waals surface area contributed by atoms with E-state index in [1.807, 2.05) is 24.4 Å². The number of hydrogen-bond donors (Lipinski definition) is 2. The Morgan fingerprint density at radius 1 is 1.50 bits per heavy atom. The minimum Gasteiger partial charge on any atom is -0.361 e. The molecule has 3 N–H and O–H groups in total. The Balaban J connectivity index is 0.00000128. The van der Waals surface area contributed by atoms with Crippen LogP contribution in [0.4, 0.5) is 0 Å². The van der Waals surface area contributed by atoms with E-state index in [1.54, 1.807) is 0 Å². The number of aromatic amines is 1. The average Bonchev–Trinajstić information content (AvgIpc) is 2.60. The van der Waals surface area contributed by atoms with Gasteiger partial charge in [-0.25, -0.2) is 0 Å². The maximum absolute atomic E-state index is 6.06. The first-order valence-corrected chi connectivity index (χ1v) is 5.64. The van der Waals surface area contributed by atoms with Crippen LogP contribution in [0, 0.1) is 0 Å². The summed E-state index contributed by atoms with van der Waals surface area (Å²) in [6.07, 6.45) is 4.62. The summed E-state index contributed by atoms with van der Waals surface area (Å²) >= 11 is 3.46. The fourth-order valence-corrected chi connectivity index (χ4v) is 2.09. The normalized spacial score (nSPS) is 12.1. The minimum absolute atomic E-state index is 0. The van der Waals surface area contributed by atoms with E-state index in [2.05, 4.69) is 33.6 Å². The zero-order chi connectivity index (χ0) is 10.8. The van der Waals surface area contributed by atoms with Crippen molar-refractivity contribution < 1.29 is 0 Å². The predicted molar refractivity (Wildman–Crippen MR) is 75.0 cm³/mol. The van der Waals surface area contributed by atoms with Gasteiger partial charge in [0, 0.05) is 27.6 Å². The SMILES string of the molecule is C=CC[C@H](N)c1c[nH]c2ccc(Br)cc12.Cl. The molecule has 0 bridgehead atoms. The van der Waals surface area contributed by atoms with E-state index in [0.717, 1.165) is 22.0 Å². The molecule has 0 aliphatic rings. The molecule has 0 aliphatic carbocycles. The summed E-state index contributed by atoms with van der Waals surface area (Å²) in [4.78, 5) is 3.22. The Hall–Kier alpha value is -0.770. The molecule has 2 aromatic rings. The Kier molecular flexibility index (Phi) is 4.59. The van der Waals surface area contributed by atoms with E-state index in [-0.39, 0.29) is 18.4 Å². The van der Waals surface area contributed by atoms with Gasteiger partial charge in [-0.3, -0.25) is 0 Å². The summed E-state index contributed by atoms with van der Waals surface area (Å²) in [5.41, 5.74) is 8.32. The molecule has 1 aromatic carbocycles. The van der Waals surface area contributed by atoms with Gasteiger partial charge in [0.1, 0.15) is 0 Å². The largest absolute Gasteiger partial charge is 0.361 e. The standard InChI is InChI=1S/C12H13BrN2.ClH/c1-2-3-11(14)10-7-15-12-5-4-8(13)6-9(10)12;/h2,4-7,11,15H,1,3,14H2;1H/t11-;/m0./s1. The molecule has 86 valence electrons. The van der Waals surface area contributed by atoms with Gasteiger partial charge < -0.3 is 10.7 Å². The Morgan fingerprint density at radius 2 is 2.25 bits per heavy atom. The zero-order valence-corrected chi connectivity index (χ0v) is 11.1. The van der Waals surface area contributed by atoms with Gasteiger partial charge in [-0.2, -0.15) is 0 Å². The number of rotatable bonds is 3. The molecule has 0 unspecified atom stereocenters. The maximum Gasteiger partial charge on any atom is 0.0458 e. The van der Waals surface area contributed by atoms with E-state index < -0.39 is 0 Å². The molecule has 0 radical (unpaired) electrons. The van der Waals surface area contributed by atoms with Crippen LogP contribution in [0.15, 0.2) is 41.5 Å². The molecule has 16 heavy (non-hydrogen) atoms. The van der Waals surface area contributed by atoms with E-state index in [1.165, 1.54) is 5.39 Å². The van der Waals surface area contributed by atoms with Gasteiger partial charge >= 0.3 is 0 Å². The fourth-order valence-electron chi connectivity index (χ4n) is 1.73. The smallest absolute Gasteiger partial charge is 0.0458 e. The third-order valence-corrected chi connectivity index (χ3v) is 2.99. The topological polar surface area (TPSA) is 41.8 Å². The first-order valence-electron chi connectivity index (χ1n) is 4.85. The van der Waals surface area contributed by atoms with Crippen LogP contribution in [0.5, 0.6) is 0 Å². The molecule has 0 spiro atoms. The van der Waals surface area contributed by atoms with E-state index >= 15 is 0 Å². The number of nitrogens with two attached hydrogens (primary N) is 1. The van der Waals surface area contributed by atoms with Gasteiger partial charge in [0.05, 0.1) is 0 Å². The lowest BCUT2D eigenvalue weighted by Gasteiger charge is -2.07. The second kappa shape index (κ2) is 5.53. The number of fused-ring (bicyclic) bond motifs is 1. The van der Waals surface area contributed by atoms with Crippen molar-refractivity contribution in [3.63, 3.8) is 0 Å². The van der Waals surface area contributed by atoms with E-state index in [0.29, 0.717) is 0 Å². The Bertz CT molecular complexity index is 493. The third kappa shape index (κ3) is 2.48. The number of H-pyrrole nitrogens is 1. The van der Waals surface area contributed by atoms with Gasteiger partial charge in [0.15, 0.2) is 0 Å². The zero-order valence-electron chi connectivity index (χ0n) is 8.74. The van der Waals surface area contributed by atoms with Crippen molar-refractivity contribution in [3.05, 3.63) is 47.1 Å². The maximum atomic E-state index is 6.06. The molecule has 2 rings (SSSR count). The van der Waals surface area contributed by atoms with Crippen LogP contribution >= 0.6 is 28.3 Å². The van der Waals surface area contributed by atoms with Crippen LogP contribution in [0.3, 0.4) is 0 Å². The van der Waals surface area contributed by atoms with Gasteiger partial charge in [0.2, 0.25) is 0 Å². The molecular formula is C12H14BrClN2. The summed E-state index contributed by atoms with van der Waals surface area (Å²) in [7, 11) is 0. The molecule has 0 aliphatic heterocycles. The lowest BCUT2D eigenvalue weighted by Crippen LogP contribution is -2.08. The number of hydrogen-bond acceptors (Lipinski definition) is 1. The molecule has 1 aromatic heterocycles. The first kappa shape index (κ1) is 13.3. The van der Waals surface area contributed by atoms with Crippen molar-refractivity contribution in [2.24, 2.45) is 5.73 Å². The van der Waals surface area contributed by atoms with Gasteiger partial charge in [-0.15, -0.1) is 19.0 Å². The summed E-state index contributed by atoms with van der Waals surface area (Å²) in [6, 6.07) is 6.17. The van der Waals surface area contributed by atoms with E-state index in [9.17, 15) is 0 Å². The van der Waals surface area contributed by atoms with Crippen molar-refractivity contribution in [1.82, 2.24) is 4.98 Å². The summed E-state index contributed by atoms with van der Waals surface area (Å²) in [6.45, 7) is 3.71.